The smallest absolute Gasteiger partial charge is 0.118 e. The lowest BCUT2D eigenvalue weighted by Crippen LogP contribution is -2.03. The Balaban J connectivity index is 2.30. The Morgan fingerprint density at radius 1 is 1.18 bits per heavy atom. The van der Waals surface area contributed by atoms with E-state index in [1.54, 1.807) is 13.3 Å². The third-order valence-corrected chi connectivity index (χ3v) is 2.77. The number of pyridine rings is 1. The summed E-state index contributed by atoms with van der Waals surface area (Å²) >= 11 is 0. The molecule has 2 aromatic rings. The van der Waals surface area contributed by atoms with Crippen LogP contribution in [0, 0.1) is 6.92 Å². The van der Waals surface area contributed by atoms with Crippen molar-refractivity contribution in [1.29, 1.82) is 0 Å². The maximum absolute atomic E-state index is 10.3. The van der Waals surface area contributed by atoms with Gasteiger partial charge in [0.25, 0.3) is 0 Å². The number of aliphatic hydroxyl groups excluding tert-OH is 1. The van der Waals surface area contributed by atoms with E-state index in [0.717, 1.165) is 22.6 Å². The van der Waals surface area contributed by atoms with Crippen LogP contribution in [-0.2, 0) is 0 Å². The third kappa shape index (κ3) is 2.45. The van der Waals surface area contributed by atoms with E-state index in [-0.39, 0.29) is 0 Å². The van der Waals surface area contributed by atoms with Crippen molar-refractivity contribution < 1.29 is 9.84 Å². The van der Waals surface area contributed by atoms with Gasteiger partial charge in [-0.1, -0.05) is 18.2 Å². The second kappa shape index (κ2) is 4.97. The first-order valence-corrected chi connectivity index (χ1v) is 5.46. The van der Waals surface area contributed by atoms with Crippen LogP contribution in [0.1, 0.15) is 22.9 Å². The van der Waals surface area contributed by atoms with Gasteiger partial charge in [-0.05, 0) is 30.7 Å². The SMILES string of the molecule is COc1ccc(C(O)c2cccnc2C)cc1. The zero-order chi connectivity index (χ0) is 12.3. The van der Waals surface area contributed by atoms with E-state index in [0.29, 0.717) is 0 Å². The van der Waals surface area contributed by atoms with Gasteiger partial charge < -0.3 is 9.84 Å². The molecule has 0 bridgehead atoms. The zero-order valence-electron chi connectivity index (χ0n) is 9.92. The molecule has 3 heteroatoms. The average molecular weight is 229 g/mol. The molecular formula is C14H15NO2. The summed E-state index contributed by atoms with van der Waals surface area (Å²) in [6, 6.07) is 11.1. The number of aliphatic hydroxyl groups is 1. The number of aryl methyl sites for hydroxylation is 1. The second-order valence-corrected chi connectivity index (χ2v) is 3.85. The van der Waals surface area contributed by atoms with Crippen LogP contribution in [0.25, 0.3) is 0 Å². The molecule has 3 nitrogen and oxygen atoms in total. The molecular weight excluding hydrogens is 214 g/mol. The summed E-state index contributed by atoms with van der Waals surface area (Å²) in [7, 11) is 1.62. The Bertz CT molecular complexity index is 494. The summed E-state index contributed by atoms with van der Waals surface area (Å²) in [5, 5.41) is 10.3. The summed E-state index contributed by atoms with van der Waals surface area (Å²) < 4.78 is 5.08. The molecule has 0 radical (unpaired) electrons. The molecule has 1 heterocycles. The fourth-order valence-corrected chi connectivity index (χ4v) is 1.75. The van der Waals surface area contributed by atoms with Crippen LogP contribution in [0.5, 0.6) is 5.75 Å². The predicted molar refractivity (Wildman–Crippen MR) is 66.0 cm³/mol. The van der Waals surface area contributed by atoms with Crippen LogP contribution in [0.4, 0.5) is 0 Å². The van der Waals surface area contributed by atoms with Crippen molar-refractivity contribution in [3.8, 4) is 5.75 Å². The van der Waals surface area contributed by atoms with E-state index < -0.39 is 6.10 Å². The molecule has 0 fully saturated rings. The molecule has 0 spiro atoms. The minimum Gasteiger partial charge on any atom is -0.497 e. The lowest BCUT2D eigenvalue weighted by Gasteiger charge is -2.13. The summed E-state index contributed by atoms with van der Waals surface area (Å²) in [6.45, 7) is 1.89. The Kier molecular flexibility index (Phi) is 3.40. The summed E-state index contributed by atoms with van der Waals surface area (Å²) in [4.78, 5) is 4.17. The van der Waals surface area contributed by atoms with E-state index in [4.69, 9.17) is 4.74 Å². The number of benzene rings is 1. The monoisotopic (exact) mass is 229 g/mol. The van der Waals surface area contributed by atoms with E-state index in [2.05, 4.69) is 4.98 Å². The molecule has 88 valence electrons. The fraction of sp³-hybridized carbons (Fsp3) is 0.214. The third-order valence-electron chi connectivity index (χ3n) is 2.77. The van der Waals surface area contributed by atoms with Crippen LogP contribution in [0.2, 0.25) is 0 Å². The van der Waals surface area contributed by atoms with Crippen LogP contribution < -0.4 is 4.74 Å². The number of aromatic nitrogens is 1. The molecule has 1 atom stereocenters. The van der Waals surface area contributed by atoms with Crippen molar-refractivity contribution in [2.45, 2.75) is 13.0 Å². The minimum absolute atomic E-state index is 0.644. The first-order chi connectivity index (χ1) is 8.22. The summed E-state index contributed by atoms with van der Waals surface area (Å²) in [5.74, 6) is 0.781. The highest BCUT2D eigenvalue weighted by atomic mass is 16.5. The van der Waals surface area contributed by atoms with Gasteiger partial charge in [0.1, 0.15) is 11.9 Å². The molecule has 2 rings (SSSR count). The summed E-state index contributed by atoms with van der Waals surface area (Å²) in [6.07, 6.45) is 1.08. The van der Waals surface area contributed by atoms with Gasteiger partial charge >= 0.3 is 0 Å². The van der Waals surface area contributed by atoms with Crippen molar-refractivity contribution in [1.82, 2.24) is 4.98 Å². The predicted octanol–water partition coefficient (Wildman–Crippen LogP) is 2.48. The van der Waals surface area contributed by atoms with Crippen LogP contribution in [-0.4, -0.2) is 17.2 Å². The van der Waals surface area contributed by atoms with Crippen molar-refractivity contribution in [3.05, 3.63) is 59.4 Å². The first-order valence-electron chi connectivity index (χ1n) is 5.46. The standard InChI is InChI=1S/C14H15NO2/c1-10-13(4-3-9-15-10)14(16)11-5-7-12(17-2)8-6-11/h3-9,14,16H,1-2H3. The second-order valence-electron chi connectivity index (χ2n) is 3.85. The molecule has 0 aliphatic heterocycles. The zero-order valence-corrected chi connectivity index (χ0v) is 9.92. The highest BCUT2D eigenvalue weighted by Crippen LogP contribution is 2.25. The van der Waals surface area contributed by atoms with Crippen molar-refractivity contribution in [2.24, 2.45) is 0 Å². The van der Waals surface area contributed by atoms with E-state index in [9.17, 15) is 5.11 Å². The average Bonchev–Trinajstić information content (AvgIpc) is 2.39. The molecule has 0 amide bonds. The van der Waals surface area contributed by atoms with Crippen LogP contribution >= 0.6 is 0 Å². The Morgan fingerprint density at radius 2 is 1.88 bits per heavy atom. The molecule has 1 aromatic heterocycles. The Labute approximate surface area is 101 Å². The quantitative estimate of drug-likeness (QED) is 0.879. The number of hydrogen-bond acceptors (Lipinski definition) is 3. The van der Waals surface area contributed by atoms with Gasteiger partial charge in [0.2, 0.25) is 0 Å². The van der Waals surface area contributed by atoms with Crippen LogP contribution in [0.3, 0.4) is 0 Å². The number of hydrogen-bond donors (Lipinski definition) is 1. The lowest BCUT2D eigenvalue weighted by molar-refractivity contribution is 0.219. The topological polar surface area (TPSA) is 42.4 Å². The van der Waals surface area contributed by atoms with Crippen molar-refractivity contribution in [3.63, 3.8) is 0 Å². The van der Waals surface area contributed by atoms with E-state index in [1.165, 1.54) is 0 Å². The lowest BCUT2D eigenvalue weighted by atomic mass is 10.0. The van der Waals surface area contributed by atoms with Gasteiger partial charge in [0, 0.05) is 17.5 Å². The van der Waals surface area contributed by atoms with E-state index >= 15 is 0 Å². The van der Waals surface area contributed by atoms with E-state index in [1.807, 2.05) is 43.3 Å². The molecule has 1 N–H and O–H groups in total. The first kappa shape index (κ1) is 11.6. The maximum atomic E-state index is 10.3. The van der Waals surface area contributed by atoms with Gasteiger partial charge in [0.15, 0.2) is 0 Å². The molecule has 1 unspecified atom stereocenters. The van der Waals surface area contributed by atoms with Gasteiger partial charge in [0.05, 0.1) is 7.11 Å². The largest absolute Gasteiger partial charge is 0.497 e. The number of methoxy groups -OCH3 is 1. The molecule has 0 saturated carbocycles. The molecule has 17 heavy (non-hydrogen) atoms. The Morgan fingerprint density at radius 3 is 2.47 bits per heavy atom. The fourth-order valence-electron chi connectivity index (χ4n) is 1.75. The molecule has 1 aromatic carbocycles. The van der Waals surface area contributed by atoms with Crippen molar-refractivity contribution in [2.75, 3.05) is 7.11 Å². The van der Waals surface area contributed by atoms with Gasteiger partial charge in [-0.25, -0.2) is 0 Å². The molecule has 0 aliphatic carbocycles. The normalized spacial score (nSPS) is 12.2. The Hall–Kier alpha value is -1.87. The van der Waals surface area contributed by atoms with Crippen molar-refractivity contribution >= 4 is 0 Å². The van der Waals surface area contributed by atoms with Gasteiger partial charge in [-0.2, -0.15) is 0 Å². The molecule has 0 aliphatic rings. The maximum Gasteiger partial charge on any atom is 0.118 e. The summed E-state index contributed by atoms with van der Waals surface area (Å²) in [5.41, 5.74) is 2.51. The van der Waals surface area contributed by atoms with Crippen LogP contribution in [0.15, 0.2) is 42.6 Å². The van der Waals surface area contributed by atoms with Gasteiger partial charge in [-0.3, -0.25) is 4.98 Å². The highest BCUT2D eigenvalue weighted by molar-refractivity contribution is 5.35. The number of ether oxygens (including phenoxy) is 1. The van der Waals surface area contributed by atoms with Gasteiger partial charge in [-0.15, -0.1) is 0 Å². The number of nitrogens with zero attached hydrogens (tertiary/aromatic N) is 1. The number of rotatable bonds is 3. The minimum atomic E-state index is -0.644. The molecule has 0 saturated heterocycles. The highest BCUT2D eigenvalue weighted by Gasteiger charge is 2.12.